The minimum atomic E-state index is -0.244. The predicted octanol–water partition coefficient (Wildman–Crippen LogP) is 3.40. The average molecular weight is 391 g/mol. The zero-order valence-electron chi connectivity index (χ0n) is 15.3. The zero-order valence-corrected chi connectivity index (χ0v) is 15.3. The van der Waals surface area contributed by atoms with Gasteiger partial charge in [0.15, 0.2) is 23.0 Å². The number of pyridine rings is 1. The fourth-order valence-corrected chi connectivity index (χ4v) is 3.06. The van der Waals surface area contributed by atoms with Gasteiger partial charge in [-0.05, 0) is 48.0 Å². The third-order valence-electron chi connectivity index (χ3n) is 4.57. The fraction of sp³-hybridized carbons (Fsp3) is 0.143. The van der Waals surface area contributed by atoms with Crippen LogP contribution in [-0.4, -0.2) is 24.5 Å². The Hall–Kier alpha value is -3.94. The van der Waals surface area contributed by atoms with Gasteiger partial charge in [0, 0.05) is 12.1 Å². The first-order valence-electron chi connectivity index (χ1n) is 9.04. The lowest BCUT2D eigenvalue weighted by Crippen LogP contribution is -2.12. The molecular formula is C21H17N3O5. The Morgan fingerprint density at radius 1 is 0.862 bits per heavy atom. The highest BCUT2D eigenvalue weighted by Crippen LogP contribution is 2.33. The van der Waals surface area contributed by atoms with Gasteiger partial charge >= 0.3 is 0 Å². The molecule has 0 saturated heterocycles. The largest absolute Gasteiger partial charge is 0.454 e. The molecule has 0 aliphatic carbocycles. The minimum Gasteiger partial charge on any atom is -0.454 e. The molecule has 3 aromatic rings. The number of benzene rings is 2. The SMILES string of the molecule is O=C(Nc1ccc(NCc2ccc3c(c2)OCO3)nc1)c1ccc2c(c1)OCO2. The first-order chi connectivity index (χ1) is 14.2. The molecule has 0 unspecified atom stereocenters. The summed E-state index contributed by atoms with van der Waals surface area (Å²) in [7, 11) is 0. The summed E-state index contributed by atoms with van der Waals surface area (Å²) in [6.07, 6.45) is 1.60. The van der Waals surface area contributed by atoms with Crippen LogP contribution < -0.4 is 29.6 Å². The molecule has 2 aliphatic rings. The molecule has 0 bridgehead atoms. The molecule has 29 heavy (non-hydrogen) atoms. The lowest BCUT2D eigenvalue weighted by molar-refractivity contribution is 0.102. The van der Waals surface area contributed by atoms with E-state index in [4.69, 9.17) is 18.9 Å². The van der Waals surface area contributed by atoms with E-state index in [1.165, 1.54) is 0 Å². The van der Waals surface area contributed by atoms with Gasteiger partial charge in [-0.2, -0.15) is 0 Å². The van der Waals surface area contributed by atoms with Gasteiger partial charge in [0.2, 0.25) is 13.6 Å². The molecule has 0 fully saturated rings. The standard InChI is InChI=1S/C21H17N3O5/c25-21(14-2-5-17-19(8-14)29-12-27-17)24-15-3-6-20(23-10-15)22-9-13-1-4-16-18(7-13)28-11-26-16/h1-8,10H,9,11-12H2,(H,22,23)(H,24,25). The maximum Gasteiger partial charge on any atom is 0.255 e. The number of hydrogen-bond acceptors (Lipinski definition) is 7. The number of fused-ring (bicyclic) bond motifs is 2. The molecule has 8 nitrogen and oxygen atoms in total. The molecule has 3 heterocycles. The highest BCUT2D eigenvalue weighted by atomic mass is 16.7. The number of hydrogen-bond donors (Lipinski definition) is 2. The second kappa shape index (κ2) is 7.23. The summed E-state index contributed by atoms with van der Waals surface area (Å²) in [6.45, 7) is 1.02. The molecule has 0 saturated carbocycles. The second-order valence-corrected chi connectivity index (χ2v) is 6.50. The van der Waals surface area contributed by atoms with Crippen LogP contribution in [0.25, 0.3) is 0 Å². The highest BCUT2D eigenvalue weighted by molar-refractivity contribution is 6.04. The van der Waals surface area contributed by atoms with Crippen LogP contribution in [0.1, 0.15) is 15.9 Å². The van der Waals surface area contributed by atoms with Crippen LogP contribution in [0, 0.1) is 0 Å². The van der Waals surface area contributed by atoms with E-state index in [9.17, 15) is 4.79 Å². The van der Waals surface area contributed by atoms with E-state index in [0.717, 1.165) is 17.1 Å². The molecule has 2 aromatic carbocycles. The van der Waals surface area contributed by atoms with Crippen molar-refractivity contribution in [1.29, 1.82) is 0 Å². The summed E-state index contributed by atoms with van der Waals surface area (Å²) >= 11 is 0. The zero-order chi connectivity index (χ0) is 19.6. The summed E-state index contributed by atoms with van der Waals surface area (Å²) < 4.78 is 21.3. The lowest BCUT2D eigenvalue weighted by atomic mass is 10.2. The van der Waals surface area contributed by atoms with Gasteiger partial charge < -0.3 is 29.6 Å². The topological polar surface area (TPSA) is 90.9 Å². The number of amides is 1. The van der Waals surface area contributed by atoms with E-state index >= 15 is 0 Å². The highest BCUT2D eigenvalue weighted by Gasteiger charge is 2.16. The van der Waals surface area contributed by atoms with Crippen molar-refractivity contribution < 1.29 is 23.7 Å². The number of carbonyl (C=O) groups is 1. The van der Waals surface area contributed by atoms with Gasteiger partial charge in [0.25, 0.3) is 5.91 Å². The van der Waals surface area contributed by atoms with Crippen molar-refractivity contribution in [1.82, 2.24) is 4.98 Å². The normalized spacial score (nSPS) is 13.2. The van der Waals surface area contributed by atoms with Crippen molar-refractivity contribution in [2.45, 2.75) is 6.54 Å². The predicted molar refractivity (Wildman–Crippen MR) is 105 cm³/mol. The lowest BCUT2D eigenvalue weighted by Gasteiger charge is -2.09. The molecule has 1 aromatic heterocycles. The Balaban J connectivity index is 1.19. The summed E-state index contributed by atoms with van der Waals surface area (Å²) in [5, 5.41) is 6.06. The van der Waals surface area contributed by atoms with Crippen LogP contribution in [-0.2, 0) is 6.54 Å². The van der Waals surface area contributed by atoms with E-state index in [1.807, 2.05) is 24.3 Å². The van der Waals surface area contributed by atoms with Gasteiger partial charge in [0.1, 0.15) is 5.82 Å². The van der Waals surface area contributed by atoms with Gasteiger partial charge in [-0.15, -0.1) is 0 Å². The van der Waals surface area contributed by atoms with Crippen molar-refractivity contribution >= 4 is 17.4 Å². The van der Waals surface area contributed by atoms with Crippen molar-refractivity contribution in [3.8, 4) is 23.0 Å². The number of carbonyl (C=O) groups excluding carboxylic acids is 1. The van der Waals surface area contributed by atoms with E-state index in [2.05, 4.69) is 15.6 Å². The van der Waals surface area contributed by atoms with Crippen molar-refractivity contribution in [2.75, 3.05) is 24.2 Å². The van der Waals surface area contributed by atoms with Crippen molar-refractivity contribution in [3.63, 3.8) is 0 Å². The van der Waals surface area contributed by atoms with Gasteiger partial charge in [0.05, 0.1) is 11.9 Å². The number of aromatic nitrogens is 1. The van der Waals surface area contributed by atoms with Crippen molar-refractivity contribution in [3.05, 3.63) is 65.9 Å². The number of anilines is 2. The van der Waals surface area contributed by atoms with Crippen molar-refractivity contribution in [2.24, 2.45) is 0 Å². The Labute approximate surface area is 166 Å². The molecule has 2 N–H and O–H groups in total. The van der Waals surface area contributed by atoms with Gasteiger partial charge in [-0.3, -0.25) is 4.79 Å². The van der Waals surface area contributed by atoms with E-state index in [1.54, 1.807) is 30.5 Å². The Bertz CT molecular complexity index is 1070. The van der Waals surface area contributed by atoms with Crippen LogP contribution in [0.5, 0.6) is 23.0 Å². The third-order valence-corrected chi connectivity index (χ3v) is 4.57. The van der Waals surface area contributed by atoms with E-state index in [0.29, 0.717) is 35.1 Å². The first kappa shape index (κ1) is 17.2. The summed E-state index contributed by atoms with van der Waals surface area (Å²) in [6, 6.07) is 14.5. The maximum absolute atomic E-state index is 12.4. The summed E-state index contributed by atoms with van der Waals surface area (Å²) in [5.74, 6) is 3.17. The molecular weight excluding hydrogens is 374 g/mol. The molecule has 0 atom stereocenters. The fourth-order valence-electron chi connectivity index (χ4n) is 3.06. The molecule has 2 aliphatic heterocycles. The van der Waals surface area contributed by atoms with Crippen LogP contribution in [0.4, 0.5) is 11.5 Å². The average Bonchev–Trinajstić information content (AvgIpc) is 3.41. The number of ether oxygens (including phenoxy) is 4. The van der Waals surface area contributed by atoms with Crippen LogP contribution in [0.15, 0.2) is 54.7 Å². The van der Waals surface area contributed by atoms with Gasteiger partial charge in [-0.25, -0.2) is 4.98 Å². The number of nitrogens with zero attached hydrogens (tertiary/aromatic N) is 1. The van der Waals surface area contributed by atoms with E-state index < -0.39 is 0 Å². The number of rotatable bonds is 5. The number of nitrogens with one attached hydrogen (secondary N) is 2. The molecule has 1 amide bonds. The molecule has 5 rings (SSSR count). The quantitative estimate of drug-likeness (QED) is 0.689. The van der Waals surface area contributed by atoms with Gasteiger partial charge in [-0.1, -0.05) is 6.07 Å². The molecule has 146 valence electrons. The molecule has 8 heteroatoms. The third kappa shape index (κ3) is 3.60. The second-order valence-electron chi connectivity index (χ2n) is 6.50. The van der Waals surface area contributed by atoms with E-state index in [-0.39, 0.29) is 19.5 Å². The Kier molecular flexibility index (Phi) is 4.28. The maximum atomic E-state index is 12.4. The first-order valence-corrected chi connectivity index (χ1v) is 9.04. The smallest absolute Gasteiger partial charge is 0.255 e. The molecule has 0 radical (unpaired) electrons. The van der Waals surface area contributed by atoms with Crippen LogP contribution in [0.3, 0.4) is 0 Å². The minimum absolute atomic E-state index is 0.172. The van der Waals surface area contributed by atoms with Crippen LogP contribution >= 0.6 is 0 Å². The summed E-state index contributed by atoms with van der Waals surface area (Å²) in [4.78, 5) is 16.8. The molecule has 0 spiro atoms. The summed E-state index contributed by atoms with van der Waals surface area (Å²) in [5.41, 5.74) is 2.14. The monoisotopic (exact) mass is 391 g/mol. The Morgan fingerprint density at radius 3 is 2.34 bits per heavy atom. The Morgan fingerprint density at radius 2 is 1.59 bits per heavy atom. The van der Waals surface area contributed by atoms with Crippen LogP contribution in [0.2, 0.25) is 0 Å².